The Morgan fingerprint density at radius 2 is 1.26 bits per heavy atom. The molecule has 0 aromatic heterocycles. The van der Waals surface area contributed by atoms with Crippen LogP contribution in [0.5, 0.6) is 0 Å². The fraction of sp³-hybridized carbons (Fsp3) is 0.811. The Morgan fingerprint density at radius 1 is 0.636 bits per heavy atom. The number of hydrogen-bond acceptors (Lipinski definition) is 14. The van der Waals surface area contributed by atoms with Gasteiger partial charge in [0.05, 0.1) is 43.9 Å². The Morgan fingerprint density at radius 3 is 1.84 bits per heavy atom. The molecule has 4 heterocycles. The molecule has 622 valence electrons. The number of nitrogens with zero attached hydrogens (tertiary/aromatic N) is 9. The van der Waals surface area contributed by atoms with Crippen LogP contribution in [-0.2, 0) is 67.0 Å². The highest BCUT2D eigenvalue weighted by Crippen LogP contribution is 2.50. The molecular formula is C74H112ClF9N12O14. The fourth-order valence-corrected chi connectivity index (χ4v) is 17.7. The van der Waals surface area contributed by atoms with E-state index in [1.165, 1.54) is 47.2 Å². The number of carbonyl (C=O) groups excluding carboxylic acids is 12. The number of amides is 12. The standard InChI is InChI=1S/C74H112ClF9N12O14/c1-13-18-51-61(100)86-60(45-28-31-109-32-29-45)68(107)90(8)40-59(99)92(10)52-19-16-15-17-30-95(67(52)106)55(34-44-20-24-46(25-21-44)73(79,80)81)65(104)89(7)39-57(97)85-50(27-23-43-22-26-48(49(75)33-43)74(82,83)84)63(102)96-38-47(110-14-2)35-53(96)62(101)87-71(41-70(3,4)42-71)69(108)94(12)56(37-72(76,77)78)66(105)93(11)54(64(103)88(5)6)36-58(98)91(51)9/h15-16,43-56,60H,13-14,17-42H2,1-12H3,(H,85,97)(H,86,100)(H,87,101)/b16-15-/t43?,44?,46?,47-,48?,49?,50+,51+,52+,53+,54+,55+,56+,60+/m1/s1. The average molecular weight is 1600 g/mol. The molecule has 0 radical (unpaired) electrons. The molecule has 4 aliphatic heterocycles. The maximum atomic E-state index is 15.6. The van der Waals surface area contributed by atoms with E-state index in [-0.39, 0.29) is 155 Å². The molecule has 3 aliphatic carbocycles. The van der Waals surface area contributed by atoms with Crippen molar-refractivity contribution in [1.29, 1.82) is 0 Å². The van der Waals surface area contributed by atoms with Crippen molar-refractivity contribution in [3.63, 3.8) is 0 Å². The molecule has 0 aromatic carbocycles. The van der Waals surface area contributed by atoms with Crippen LogP contribution in [0.2, 0.25) is 0 Å². The second kappa shape index (κ2) is 37.7. The molecule has 1 spiro atoms. The SMILES string of the molecule is CCC[C@H]1C(=O)N[C@@H](C2CCOCC2)C(=O)N(C)CC(=O)N(C)[C@H]2C/C=C\CCN(C2=O)[C@@H](CC2CCC(C(F)(F)F)CC2)C(=O)N(C)CC(=O)N[C@@H](CCC2CCC(C(F)(F)F)C(Cl)C2)C(=O)N2C[C@H](OCC)C[C@H]2C(=O)NC2(CC(C)(C)C2)C(=O)N(C)[C@@H](CC(F)(F)F)C(=O)N(C)[C@H](C(=O)N(C)C)CC(=O)N1C. The normalized spacial score (nSPS) is 31.3. The van der Waals surface area contributed by atoms with Gasteiger partial charge >= 0.3 is 18.5 Å². The molecule has 3 unspecified atom stereocenters. The van der Waals surface area contributed by atoms with E-state index < -0.39 is 216 Å². The number of carbonyl (C=O) groups is 12. The van der Waals surface area contributed by atoms with Crippen LogP contribution >= 0.6 is 11.6 Å². The van der Waals surface area contributed by atoms with Gasteiger partial charge in [0.1, 0.15) is 53.9 Å². The summed E-state index contributed by atoms with van der Waals surface area (Å²) in [6, 6.07) is -13.2. The van der Waals surface area contributed by atoms with E-state index in [1.54, 1.807) is 39.8 Å². The molecule has 0 aromatic rings. The Balaban J connectivity index is 1.34. The first-order valence-electron chi connectivity index (χ1n) is 38.2. The molecule has 2 bridgehead atoms. The van der Waals surface area contributed by atoms with Gasteiger partial charge in [0.15, 0.2) is 0 Å². The number of fused-ring (bicyclic) bond motifs is 3. The number of alkyl halides is 10. The molecule has 12 amide bonds. The van der Waals surface area contributed by atoms with Crippen molar-refractivity contribution < 1.29 is 107 Å². The Bertz CT molecular complexity index is 3330. The molecule has 110 heavy (non-hydrogen) atoms. The number of likely N-dealkylation sites (N-methyl/N-ethyl adjacent to an activating group) is 7. The molecule has 3 N–H and O–H groups in total. The minimum atomic E-state index is -5.20. The predicted octanol–water partition coefficient (Wildman–Crippen LogP) is 6.21. The molecule has 7 aliphatic rings. The third kappa shape index (κ3) is 22.7. The van der Waals surface area contributed by atoms with Crippen LogP contribution in [-0.4, -0.2) is 301 Å². The van der Waals surface area contributed by atoms with Gasteiger partial charge in [-0.05, 0) is 139 Å². The summed E-state index contributed by atoms with van der Waals surface area (Å²) >= 11 is 6.39. The highest BCUT2D eigenvalue weighted by atomic mass is 35.5. The summed E-state index contributed by atoms with van der Waals surface area (Å²) in [5.41, 5.74) is -2.90. The predicted molar refractivity (Wildman–Crippen MR) is 383 cm³/mol. The van der Waals surface area contributed by atoms with Crippen LogP contribution in [0.4, 0.5) is 39.5 Å². The van der Waals surface area contributed by atoms with Crippen molar-refractivity contribution >= 4 is 82.5 Å². The summed E-state index contributed by atoms with van der Waals surface area (Å²) in [5.74, 6) is -16.8. The zero-order valence-electron chi connectivity index (χ0n) is 65.1. The second-order valence-electron chi connectivity index (χ2n) is 32.3. The fourth-order valence-electron chi connectivity index (χ4n) is 17.2. The van der Waals surface area contributed by atoms with E-state index in [9.17, 15) is 55.1 Å². The van der Waals surface area contributed by atoms with E-state index in [2.05, 4.69) is 16.0 Å². The maximum absolute atomic E-state index is 15.6. The highest BCUT2D eigenvalue weighted by molar-refractivity contribution is 6.21. The maximum Gasteiger partial charge on any atom is 0.393 e. The number of rotatable bonds is 12. The number of nitrogens with one attached hydrogen (secondary N) is 3. The number of halogens is 10. The lowest BCUT2D eigenvalue weighted by Gasteiger charge is -2.54. The van der Waals surface area contributed by atoms with Gasteiger partial charge in [0, 0.05) is 101 Å². The molecule has 7 rings (SSSR count). The molecule has 26 nitrogen and oxygen atoms in total. The Kier molecular flexibility index (Phi) is 30.9. The van der Waals surface area contributed by atoms with E-state index in [0.29, 0.717) is 9.80 Å². The van der Waals surface area contributed by atoms with Crippen LogP contribution in [0.15, 0.2) is 12.2 Å². The highest BCUT2D eigenvalue weighted by Gasteiger charge is 2.60. The lowest BCUT2D eigenvalue weighted by Crippen LogP contribution is -2.71. The molecular weight excluding hydrogens is 1490 g/mol. The molecule has 3 saturated carbocycles. The van der Waals surface area contributed by atoms with Crippen molar-refractivity contribution in [1.82, 2.24) is 60.0 Å². The van der Waals surface area contributed by atoms with E-state index in [1.807, 2.05) is 0 Å². The van der Waals surface area contributed by atoms with Crippen LogP contribution in [0.1, 0.15) is 163 Å². The summed E-state index contributed by atoms with van der Waals surface area (Å²) < 4.78 is 142. The summed E-state index contributed by atoms with van der Waals surface area (Å²) in [6.07, 6.45) is -16.5. The minimum absolute atomic E-state index is 0.00279. The van der Waals surface area contributed by atoms with Gasteiger partial charge in [-0.25, -0.2) is 0 Å². The quantitative estimate of drug-likeness (QED) is 0.111. The monoisotopic (exact) mass is 1600 g/mol. The summed E-state index contributed by atoms with van der Waals surface area (Å²) in [5, 5.41) is 6.86. The van der Waals surface area contributed by atoms with E-state index in [4.69, 9.17) is 21.1 Å². The smallest absolute Gasteiger partial charge is 0.381 e. The summed E-state index contributed by atoms with van der Waals surface area (Å²) in [6.45, 7) is 5.02. The summed E-state index contributed by atoms with van der Waals surface area (Å²) in [4.78, 5) is 189. The molecule has 3 saturated heterocycles. The minimum Gasteiger partial charge on any atom is -0.381 e. The largest absolute Gasteiger partial charge is 0.393 e. The lowest BCUT2D eigenvalue weighted by molar-refractivity contribution is -0.184. The third-order valence-electron chi connectivity index (χ3n) is 23.3. The van der Waals surface area contributed by atoms with Crippen LogP contribution in [0, 0.1) is 35.0 Å². The van der Waals surface area contributed by atoms with Gasteiger partial charge in [0.2, 0.25) is 70.9 Å². The number of hydrogen-bond donors (Lipinski definition) is 3. The zero-order valence-corrected chi connectivity index (χ0v) is 65.9. The zero-order chi connectivity index (χ0) is 82.0. The first-order valence-corrected chi connectivity index (χ1v) is 38.7. The molecule has 36 heteroatoms. The first kappa shape index (κ1) is 90.2. The number of ether oxygens (including phenoxy) is 2. The van der Waals surface area contributed by atoms with Gasteiger partial charge < -0.3 is 69.5 Å². The van der Waals surface area contributed by atoms with Gasteiger partial charge in [-0.3, -0.25) is 57.5 Å². The third-order valence-corrected chi connectivity index (χ3v) is 23.8. The topological polar surface area (TPSA) is 289 Å². The van der Waals surface area contributed by atoms with Crippen LogP contribution in [0.3, 0.4) is 0 Å². The Hall–Kier alpha value is -7.04. The van der Waals surface area contributed by atoms with E-state index >= 15 is 41.9 Å². The first-order chi connectivity index (χ1) is 51.2. The van der Waals surface area contributed by atoms with Crippen molar-refractivity contribution in [3.8, 4) is 0 Å². The average Bonchev–Trinajstić information content (AvgIpc) is 0.939. The van der Waals surface area contributed by atoms with Crippen molar-refractivity contribution in [2.75, 3.05) is 102 Å². The van der Waals surface area contributed by atoms with Crippen LogP contribution in [0.25, 0.3) is 0 Å². The van der Waals surface area contributed by atoms with Crippen molar-refractivity contribution in [2.24, 2.45) is 35.0 Å². The second-order valence-corrected chi connectivity index (χ2v) is 32.9. The van der Waals surface area contributed by atoms with Crippen molar-refractivity contribution in [3.05, 3.63) is 12.2 Å². The van der Waals surface area contributed by atoms with Crippen molar-refractivity contribution in [2.45, 2.75) is 246 Å². The molecule has 12 atom stereocenters. The van der Waals surface area contributed by atoms with Gasteiger partial charge in [-0.15, -0.1) is 11.6 Å². The molecule has 6 fully saturated rings. The summed E-state index contributed by atoms with van der Waals surface area (Å²) in [7, 11) is 9.45. The Labute approximate surface area is 642 Å². The van der Waals surface area contributed by atoms with E-state index in [0.717, 1.165) is 43.5 Å². The van der Waals surface area contributed by atoms with Crippen LogP contribution < -0.4 is 16.0 Å². The van der Waals surface area contributed by atoms with Gasteiger partial charge in [-0.2, -0.15) is 39.5 Å². The van der Waals surface area contributed by atoms with Gasteiger partial charge in [-0.1, -0.05) is 39.3 Å². The van der Waals surface area contributed by atoms with Gasteiger partial charge in [0.25, 0.3) is 0 Å². The lowest BCUT2D eigenvalue weighted by atomic mass is 9.58.